The van der Waals surface area contributed by atoms with Gasteiger partial charge in [0.15, 0.2) is 5.82 Å². The normalized spacial score (nSPS) is 10.9. The number of carbonyl (C=O) groups is 1. The lowest BCUT2D eigenvalue weighted by atomic mass is 10.2. The van der Waals surface area contributed by atoms with Crippen LogP contribution in [-0.4, -0.2) is 31.0 Å². The number of H-pyrrole nitrogens is 2. The first-order valence-corrected chi connectivity index (χ1v) is 8.19. The van der Waals surface area contributed by atoms with Gasteiger partial charge in [0.1, 0.15) is 17.0 Å². The molecule has 2 heterocycles. The highest BCUT2D eigenvalue weighted by atomic mass is 19.1. The number of imidazole rings is 1. The van der Waals surface area contributed by atoms with Crippen LogP contribution in [0.2, 0.25) is 0 Å². The maximum absolute atomic E-state index is 13.8. The number of rotatable bonds is 4. The van der Waals surface area contributed by atoms with Gasteiger partial charge in [-0.3, -0.25) is 20.0 Å². The van der Waals surface area contributed by atoms with Gasteiger partial charge in [0.05, 0.1) is 10.4 Å². The van der Waals surface area contributed by atoms with Gasteiger partial charge in [0, 0.05) is 11.3 Å². The molecule has 0 fully saturated rings. The van der Waals surface area contributed by atoms with Gasteiger partial charge >= 0.3 is 5.69 Å². The Balaban J connectivity index is 1.57. The minimum Gasteiger partial charge on any atom is -0.338 e. The third kappa shape index (κ3) is 2.96. The Morgan fingerprint density at radius 3 is 2.64 bits per heavy atom. The van der Waals surface area contributed by atoms with E-state index in [0.717, 1.165) is 0 Å². The third-order valence-electron chi connectivity index (χ3n) is 4.19. The summed E-state index contributed by atoms with van der Waals surface area (Å²) in [4.78, 5) is 30.0. The molecule has 0 aliphatic heterocycles. The van der Waals surface area contributed by atoms with E-state index in [9.17, 15) is 19.3 Å². The topological polar surface area (TPSA) is 130 Å². The molecule has 0 atom stereocenters. The Morgan fingerprint density at radius 1 is 1.21 bits per heavy atom. The highest BCUT2D eigenvalue weighted by Gasteiger charge is 2.27. The first-order valence-electron chi connectivity index (χ1n) is 8.19. The number of hydrogen-bond donors (Lipinski definition) is 3. The van der Waals surface area contributed by atoms with Crippen LogP contribution in [0.25, 0.3) is 22.4 Å². The Bertz CT molecular complexity index is 1210. The van der Waals surface area contributed by atoms with Crippen LogP contribution < -0.4 is 5.32 Å². The summed E-state index contributed by atoms with van der Waals surface area (Å²) < 4.78 is 13.8. The molecule has 4 rings (SSSR count). The molecule has 2 aromatic carbocycles. The number of benzene rings is 2. The zero-order valence-electron chi connectivity index (χ0n) is 14.5. The number of aryl methyl sites for hydroxylation is 1. The SMILES string of the molecule is Cc1[nH]nc(C(=O)Nc2ccc(-c3nc4c(F)cccc4[nH]3)cc2)c1[N+](=O)[O-]. The molecule has 1 amide bonds. The van der Waals surface area contributed by atoms with Crippen LogP contribution in [0.15, 0.2) is 42.5 Å². The average Bonchev–Trinajstić information content (AvgIpc) is 3.27. The van der Waals surface area contributed by atoms with Gasteiger partial charge in [-0.25, -0.2) is 9.37 Å². The summed E-state index contributed by atoms with van der Waals surface area (Å²) in [6.07, 6.45) is 0. The number of amides is 1. The summed E-state index contributed by atoms with van der Waals surface area (Å²) in [6, 6.07) is 11.3. The quantitative estimate of drug-likeness (QED) is 0.368. The Hall–Kier alpha value is -4.08. The predicted molar refractivity (Wildman–Crippen MR) is 99.4 cm³/mol. The maximum atomic E-state index is 13.8. The highest BCUT2D eigenvalue weighted by molar-refractivity contribution is 6.05. The van der Waals surface area contributed by atoms with Crippen LogP contribution in [0, 0.1) is 22.9 Å². The van der Waals surface area contributed by atoms with Gasteiger partial charge in [-0.05, 0) is 43.3 Å². The van der Waals surface area contributed by atoms with Gasteiger partial charge in [-0.2, -0.15) is 5.10 Å². The minimum atomic E-state index is -0.699. The zero-order valence-corrected chi connectivity index (χ0v) is 14.5. The summed E-state index contributed by atoms with van der Waals surface area (Å²) in [6.45, 7) is 1.47. The Kier molecular flexibility index (Phi) is 4.07. The van der Waals surface area contributed by atoms with E-state index >= 15 is 0 Å². The summed E-state index contributed by atoms with van der Waals surface area (Å²) in [5, 5.41) is 19.8. The molecule has 0 spiro atoms. The molecule has 10 heteroatoms. The fraction of sp³-hybridized carbons (Fsp3) is 0.0556. The van der Waals surface area contributed by atoms with Gasteiger partial charge in [-0.1, -0.05) is 6.07 Å². The summed E-state index contributed by atoms with van der Waals surface area (Å²) in [7, 11) is 0. The van der Waals surface area contributed by atoms with Crippen molar-refractivity contribution in [1.29, 1.82) is 0 Å². The second-order valence-corrected chi connectivity index (χ2v) is 6.06. The van der Waals surface area contributed by atoms with Crippen molar-refractivity contribution in [2.24, 2.45) is 0 Å². The molecule has 0 aliphatic rings. The molecule has 9 nitrogen and oxygen atoms in total. The van der Waals surface area contributed by atoms with Crippen molar-refractivity contribution in [1.82, 2.24) is 20.2 Å². The molecule has 0 saturated carbocycles. The van der Waals surface area contributed by atoms with Gasteiger partial charge in [0.25, 0.3) is 5.91 Å². The van der Waals surface area contributed by atoms with E-state index in [4.69, 9.17) is 0 Å². The number of nitrogens with one attached hydrogen (secondary N) is 3. The second kappa shape index (κ2) is 6.58. The van der Waals surface area contributed by atoms with E-state index < -0.39 is 16.6 Å². The van der Waals surface area contributed by atoms with E-state index in [0.29, 0.717) is 22.6 Å². The van der Waals surface area contributed by atoms with Crippen molar-refractivity contribution in [3.05, 3.63) is 69.8 Å². The number of para-hydroxylation sites is 1. The smallest absolute Gasteiger partial charge is 0.322 e. The lowest BCUT2D eigenvalue weighted by Crippen LogP contribution is -2.14. The summed E-state index contributed by atoms with van der Waals surface area (Å²) in [5.41, 5.74) is 1.48. The number of nitrogens with zero attached hydrogens (tertiary/aromatic N) is 3. The molecule has 0 radical (unpaired) electrons. The fourth-order valence-corrected chi connectivity index (χ4v) is 2.84. The van der Waals surface area contributed by atoms with E-state index in [-0.39, 0.29) is 22.6 Å². The third-order valence-corrected chi connectivity index (χ3v) is 4.19. The number of aromatic nitrogens is 4. The molecule has 0 bridgehead atoms. The van der Waals surface area contributed by atoms with Crippen LogP contribution in [0.1, 0.15) is 16.2 Å². The lowest BCUT2D eigenvalue weighted by molar-refractivity contribution is -0.385. The van der Waals surface area contributed by atoms with Crippen molar-refractivity contribution in [2.75, 3.05) is 5.32 Å². The van der Waals surface area contributed by atoms with Crippen LogP contribution >= 0.6 is 0 Å². The number of carbonyl (C=O) groups excluding carboxylic acids is 1. The maximum Gasteiger partial charge on any atom is 0.322 e. The number of fused-ring (bicyclic) bond motifs is 1. The predicted octanol–water partition coefficient (Wildman–Crippen LogP) is 3.56. The molecule has 140 valence electrons. The Labute approximate surface area is 156 Å². The summed E-state index contributed by atoms with van der Waals surface area (Å²) >= 11 is 0. The molecular formula is C18H13FN6O3. The average molecular weight is 380 g/mol. The summed E-state index contributed by atoms with van der Waals surface area (Å²) in [5.74, 6) is -0.633. The molecule has 0 saturated heterocycles. The Morgan fingerprint density at radius 2 is 1.96 bits per heavy atom. The first kappa shape index (κ1) is 17.3. The largest absolute Gasteiger partial charge is 0.338 e. The molecule has 0 aliphatic carbocycles. The number of nitro groups is 1. The van der Waals surface area contributed by atoms with Gasteiger partial charge < -0.3 is 10.3 Å². The molecule has 28 heavy (non-hydrogen) atoms. The van der Waals surface area contributed by atoms with Crippen LogP contribution in [-0.2, 0) is 0 Å². The molecular weight excluding hydrogens is 367 g/mol. The molecule has 4 aromatic rings. The minimum absolute atomic E-state index is 0.197. The van der Waals surface area contributed by atoms with Crippen molar-refractivity contribution < 1.29 is 14.1 Å². The molecule has 3 N–H and O–H groups in total. The first-order chi connectivity index (χ1) is 13.4. The van der Waals surface area contributed by atoms with Crippen molar-refractivity contribution >= 4 is 28.3 Å². The van der Waals surface area contributed by atoms with Gasteiger partial charge in [-0.15, -0.1) is 0 Å². The van der Waals surface area contributed by atoms with Crippen molar-refractivity contribution in [2.45, 2.75) is 6.92 Å². The molecule has 2 aromatic heterocycles. The van der Waals surface area contributed by atoms with Crippen LogP contribution in [0.5, 0.6) is 0 Å². The van der Waals surface area contributed by atoms with E-state index in [1.807, 2.05) is 0 Å². The monoisotopic (exact) mass is 380 g/mol. The highest BCUT2D eigenvalue weighted by Crippen LogP contribution is 2.25. The van der Waals surface area contributed by atoms with E-state index in [2.05, 4.69) is 25.5 Å². The number of anilines is 1. The van der Waals surface area contributed by atoms with E-state index in [1.165, 1.54) is 13.0 Å². The van der Waals surface area contributed by atoms with Crippen LogP contribution in [0.3, 0.4) is 0 Å². The van der Waals surface area contributed by atoms with Crippen molar-refractivity contribution in [3.8, 4) is 11.4 Å². The number of halogens is 1. The zero-order chi connectivity index (χ0) is 19.8. The second-order valence-electron chi connectivity index (χ2n) is 6.06. The number of hydrogen-bond acceptors (Lipinski definition) is 5. The van der Waals surface area contributed by atoms with Crippen LogP contribution in [0.4, 0.5) is 15.8 Å². The lowest BCUT2D eigenvalue weighted by Gasteiger charge is -2.04. The van der Waals surface area contributed by atoms with Crippen molar-refractivity contribution in [3.63, 3.8) is 0 Å². The molecule has 0 unspecified atom stereocenters. The van der Waals surface area contributed by atoms with Gasteiger partial charge in [0.2, 0.25) is 5.69 Å². The standard InChI is InChI=1S/C18H13FN6O3/c1-9-16(25(27)28)15(24-23-9)18(26)20-11-7-5-10(6-8-11)17-21-13-4-2-3-12(19)14(13)22-17/h2-8H,1H3,(H,20,26)(H,21,22)(H,23,24). The van der Waals surface area contributed by atoms with E-state index in [1.54, 1.807) is 36.4 Å². The number of aromatic amines is 2. The fourth-order valence-electron chi connectivity index (χ4n) is 2.84.